The Balaban J connectivity index is 2.18. The number of alkyl halides is 1. The molecule has 0 radical (unpaired) electrons. The highest BCUT2D eigenvalue weighted by Crippen LogP contribution is 2.22. The Morgan fingerprint density at radius 3 is 2.94 bits per heavy atom. The first-order chi connectivity index (χ1) is 7.79. The third-order valence-electron chi connectivity index (χ3n) is 2.08. The standard InChI is InChI=1S/C11H11ClN2O2/c12-6-2-5-10-13-14-11(16-10)8-3-1-4-9(15)7-8/h1,3-4,7,15H,2,5-6H2. The lowest BCUT2D eigenvalue weighted by Crippen LogP contribution is -1.85. The summed E-state index contributed by atoms with van der Waals surface area (Å²) in [5, 5.41) is 17.1. The van der Waals surface area contributed by atoms with E-state index in [0.717, 1.165) is 6.42 Å². The largest absolute Gasteiger partial charge is 0.508 e. The van der Waals surface area contributed by atoms with Gasteiger partial charge >= 0.3 is 0 Å². The van der Waals surface area contributed by atoms with Crippen LogP contribution in [-0.2, 0) is 6.42 Å². The monoisotopic (exact) mass is 238 g/mol. The van der Waals surface area contributed by atoms with E-state index in [9.17, 15) is 5.11 Å². The zero-order valence-corrected chi connectivity index (χ0v) is 9.31. The minimum absolute atomic E-state index is 0.179. The van der Waals surface area contributed by atoms with E-state index in [1.54, 1.807) is 24.3 Å². The summed E-state index contributed by atoms with van der Waals surface area (Å²) in [5.74, 6) is 1.74. The molecule has 1 aromatic carbocycles. The number of aromatic hydroxyl groups is 1. The van der Waals surface area contributed by atoms with Crippen molar-refractivity contribution in [2.45, 2.75) is 12.8 Å². The third-order valence-corrected chi connectivity index (χ3v) is 2.35. The minimum atomic E-state index is 0.179. The first kappa shape index (κ1) is 11.0. The van der Waals surface area contributed by atoms with Gasteiger partial charge in [-0.25, -0.2) is 0 Å². The number of phenols is 1. The van der Waals surface area contributed by atoms with E-state index in [-0.39, 0.29) is 5.75 Å². The molecule has 16 heavy (non-hydrogen) atoms. The second-order valence-electron chi connectivity index (χ2n) is 3.34. The molecule has 0 spiro atoms. The van der Waals surface area contributed by atoms with E-state index >= 15 is 0 Å². The van der Waals surface area contributed by atoms with Gasteiger partial charge in [0.15, 0.2) is 0 Å². The molecule has 5 heteroatoms. The number of hydrogen-bond donors (Lipinski definition) is 1. The Labute approximate surface area is 97.9 Å². The van der Waals surface area contributed by atoms with Gasteiger partial charge in [0.2, 0.25) is 11.8 Å². The molecule has 0 atom stereocenters. The van der Waals surface area contributed by atoms with Gasteiger partial charge in [-0.2, -0.15) is 0 Å². The lowest BCUT2D eigenvalue weighted by molar-refractivity contribution is 0.474. The van der Waals surface area contributed by atoms with Crippen LogP contribution in [0.1, 0.15) is 12.3 Å². The molecule has 2 rings (SSSR count). The molecule has 1 N–H and O–H groups in total. The topological polar surface area (TPSA) is 59.2 Å². The first-order valence-electron chi connectivity index (χ1n) is 4.97. The van der Waals surface area contributed by atoms with E-state index in [2.05, 4.69) is 10.2 Å². The minimum Gasteiger partial charge on any atom is -0.508 e. The number of phenolic OH excluding ortho intramolecular Hbond substituents is 1. The number of aromatic nitrogens is 2. The van der Waals surface area contributed by atoms with Crippen molar-refractivity contribution in [3.05, 3.63) is 30.2 Å². The molecule has 2 aromatic rings. The van der Waals surface area contributed by atoms with Crippen molar-refractivity contribution in [1.82, 2.24) is 10.2 Å². The smallest absolute Gasteiger partial charge is 0.247 e. The van der Waals surface area contributed by atoms with Crippen molar-refractivity contribution >= 4 is 11.6 Å². The van der Waals surface area contributed by atoms with Crippen LogP contribution in [0.5, 0.6) is 5.75 Å². The number of nitrogens with zero attached hydrogens (tertiary/aromatic N) is 2. The molecule has 0 aliphatic rings. The van der Waals surface area contributed by atoms with Crippen molar-refractivity contribution in [2.75, 3.05) is 5.88 Å². The van der Waals surface area contributed by atoms with Crippen molar-refractivity contribution in [1.29, 1.82) is 0 Å². The Kier molecular flexibility index (Phi) is 3.41. The molecule has 0 bridgehead atoms. The number of benzene rings is 1. The van der Waals surface area contributed by atoms with Crippen LogP contribution in [0.2, 0.25) is 0 Å². The lowest BCUT2D eigenvalue weighted by atomic mass is 10.2. The van der Waals surface area contributed by atoms with Crippen LogP contribution >= 0.6 is 11.6 Å². The van der Waals surface area contributed by atoms with Crippen LogP contribution in [0.4, 0.5) is 0 Å². The fourth-order valence-corrected chi connectivity index (χ4v) is 1.46. The van der Waals surface area contributed by atoms with Crippen LogP contribution in [0.15, 0.2) is 28.7 Å². The van der Waals surface area contributed by atoms with Gasteiger partial charge in [0.05, 0.1) is 0 Å². The Morgan fingerprint density at radius 1 is 1.31 bits per heavy atom. The maximum absolute atomic E-state index is 9.32. The van der Waals surface area contributed by atoms with Crippen molar-refractivity contribution in [2.24, 2.45) is 0 Å². The van der Waals surface area contributed by atoms with Crippen LogP contribution in [0.25, 0.3) is 11.5 Å². The van der Waals surface area contributed by atoms with Crippen molar-refractivity contribution in [3.8, 4) is 17.2 Å². The summed E-state index contributed by atoms with van der Waals surface area (Å²) in [6, 6.07) is 6.71. The second-order valence-corrected chi connectivity index (χ2v) is 3.72. The second kappa shape index (κ2) is 4.99. The van der Waals surface area contributed by atoms with Crippen molar-refractivity contribution in [3.63, 3.8) is 0 Å². The number of aryl methyl sites for hydroxylation is 1. The van der Waals surface area contributed by atoms with Gasteiger partial charge in [-0.15, -0.1) is 21.8 Å². The quantitative estimate of drug-likeness (QED) is 0.832. The molecular formula is C11H11ClN2O2. The molecule has 1 aromatic heterocycles. The molecule has 0 aliphatic heterocycles. The fraction of sp³-hybridized carbons (Fsp3) is 0.273. The summed E-state index contributed by atoms with van der Waals surface area (Å²) < 4.78 is 5.43. The zero-order valence-electron chi connectivity index (χ0n) is 8.56. The van der Waals surface area contributed by atoms with Gasteiger partial charge in [0.1, 0.15) is 5.75 Å². The average molecular weight is 239 g/mol. The SMILES string of the molecule is Oc1cccc(-c2nnc(CCCCl)o2)c1. The van der Waals surface area contributed by atoms with Crippen LogP contribution < -0.4 is 0 Å². The first-order valence-corrected chi connectivity index (χ1v) is 5.51. The van der Waals surface area contributed by atoms with Crippen LogP contribution in [0, 0.1) is 0 Å². The molecule has 0 unspecified atom stereocenters. The highest BCUT2D eigenvalue weighted by Gasteiger charge is 2.08. The van der Waals surface area contributed by atoms with E-state index in [0.29, 0.717) is 29.6 Å². The lowest BCUT2D eigenvalue weighted by Gasteiger charge is -1.95. The molecule has 84 valence electrons. The zero-order chi connectivity index (χ0) is 11.4. The van der Waals surface area contributed by atoms with Gasteiger partial charge in [0.25, 0.3) is 0 Å². The molecule has 0 saturated carbocycles. The van der Waals surface area contributed by atoms with Gasteiger partial charge in [-0.1, -0.05) is 6.07 Å². The Morgan fingerprint density at radius 2 is 2.19 bits per heavy atom. The van der Waals surface area contributed by atoms with Gasteiger partial charge < -0.3 is 9.52 Å². The maximum Gasteiger partial charge on any atom is 0.247 e. The maximum atomic E-state index is 9.32. The average Bonchev–Trinajstić information content (AvgIpc) is 2.75. The van der Waals surface area contributed by atoms with Crippen LogP contribution in [0.3, 0.4) is 0 Å². The predicted octanol–water partition coefficient (Wildman–Crippen LogP) is 2.61. The summed E-state index contributed by atoms with van der Waals surface area (Å²) in [6.07, 6.45) is 1.48. The van der Waals surface area contributed by atoms with E-state index in [1.807, 2.05) is 0 Å². The highest BCUT2D eigenvalue weighted by atomic mass is 35.5. The Bertz CT molecular complexity index is 471. The highest BCUT2D eigenvalue weighted by molar-refractivity contribution is 6.17. The predicted molar refractivity (Wildman–Crippen MR) is 60.4 cm³/mol. The number of halogens is 1. The summed E-state index contributed by atoms with van der Waals surface area (Å²) in [5.41, 5.74) is 0.713. The normalized spacial score (nSPS) is 10.6. The van der Waals surface area contributed by atoms with Gasteiger partial charge in [-0.05, 0) is 24.6 Å². The van der Waals surface area contributed by atoms with E-state index in [4.69, 9.17) is 16.0 Å². The third kappa shape index (κ3) is 2.52. The Hall–Kier alpha value is -1.55. The number of hydrogen-bond acceptors (Lipinski definition) is 4. The van der Waals surface area contributed by atoms with Gasteiger partial charge in [0, 0.05) is 17.9 Å². The molecule has 1 heterocycles. The molecular weight excluding hydrogens is 228 g/mol. The molecule has 4 nitrogen and oxygen atoms in total. The summed E-state index contributed by atoms with van der Waals surface area (Å²) in [6.45, 7) is 0. The number of rotatable bonds is 4. The van der Waals surface area contributed by atoms with Gasteiger partial charge in [-0.3, -0.25) is 0 Å². The molecule has 0 aliphatic carbocycles. The molecule has 0 saturated heterocycles. The summed E-state index contributed by atoms with van der Waals surface area (Å²) in [7, 11) is 0. The van der Waals surface area contributed by atoms with Crippen molar-refractivity contribution < 1.29 is 9.52 Å². The van der Waals surface area contributed by atoms with E-state index < -0.39 is 0 Å². The summed E-state index contributed by atoms with van der Waals surface area (Å²) in [4.78, 5) is 0. The summed E-state index contributed by atoms with van der Waals surface area (Å²) >= 11 is 5.57. The molecule has 0 fully saturated rings. The van der Waals surface area contributed by atoms with Crippen LogP contribution in [-0.4, -0.2) is 21.2 Å². The molecule has 0 amide bonds. The fourth-order valence-electron chi connectivity index (χ4n) is 1.33. The van der Waals surface area contributed by atoms with E-state index in [1.165, 1.54) is 0 Å².